The van der Waals surface area contributed by atoms with E-state index in [-0.39, 0.29) is 5.57 Å². The van der Waals surface area contributed by atoms with Crippen LogP contribution in [0.3, 0.4) is 0 Å². The minimum atomic E-state index is -0.978. The van der Waals surface area contributed by atoms with Crippen LogP contribution in [0.15, 0.2) is 66.7 Å². The summed E-state index contributed by atoms with van der Waals surface area (Å²) in [5.41, 5.74) is 1.71. The largest absolute Gasteiger partial charge is 0.478 e. The molecule has 0 saturated heterocycles. The second-order valence-electron chi connectivity index (χ2n) is 3.86. The van der Waals surface area contributed by atoms with Gasteiger partial charge in [-0.25, -0.2) is 4.79 Å². The van der Waals surface area contributed by atoms with E-state index < -0.39 is 5.97 Å². The van der Waals surface area contributed by atoms with E-state index in [1.54, 1.807) is 24.3 Å². The molecule has 2 heteroatoms. The molecule has 2 aromatic carbocycles. The summed E-state index contributed by atoms with van der Waals surface area (Å²) in [6, 6.07) is 18.4. The Balaban J connectivity index is 2.29. The fourth-order valence-corrected chi connectivity index (χ4v) is 1.60. The Kier molecular flexibility index (Phi) is 4.15. The van der Waals surface area contributed by atoms with Crippen molar-refractivity contribution in [1.29, 1.82) is 0 Å². The van der Waals surface area contributed by atoms with Gasteiger partial charge in [-0.05, 0) is 17.7 Å². The van der Waals surface area contributed by atoms with Crippen LogP contribution in [-0.4, -0.2) is 11.1 Å². The van der Waals surface area contributed by atoms with E-state index in [4.69, 9.17) is 0 Å². The second-order valence-corrected chi connectivity index (χ2v) is 3.86. The lowest BCUT2D eigenvalue weighted by Crippen LogP contribution is -1.98. The van der Waals surface area contributed by atoms with Gasteiger partial charge >= 0.3 is 5.97 Å². The van der Waals surface area contributed by atoms with Crippen molar-refractivity contribution in [2.24, 2.45) is 0 Å². The van der Waals surface area contributed by atoms with Crippen LogP contribution < -0.4 is 0 Å². The summed E-state index contributed by atoms with van der Waals surface area (Å²) in [5, 5.41) is 9.19. The lowest BCUT2D eigenvalue weighted by molar-refractivity contribution is -0.130. The van der Waals surface area contributed by atoms with Crippen molar-refractivity contribution >= 4 is 11.5 Å². The van der Waals surface area contributed by atoms with E-state index in [1.165, 1.54) is 6.08 Å². The zero-order valence-electron chi connectivity index (χ0n) is 10.2. The normalized spacial score (nSPS) is 10.4. The summed E-state index contributed by atoms with van der Waals surface area (Å²) in [7, 11) is 0. The Morgan fingerprint density at radius 1 is 0.947 bits per heavy atom. The van der Waals surface area contributed by atoms with Crippen LogP contribution in [0.4, 0.5) is 0 Å². The van der Waals surface area contributed by atoms with Gasteiger partial charge in [0.1, 0.15) is 0 Å². The van der Waals surface area contributed by atoms with Gasteiger partial charge in [0.15, 0.2) is 0 Å². The van der Waals surface area contributed by atoms with Gasteiger partial charge in [0.2, 0.25) is 0 Å². The van der Waals surface area contributed by atoms with Crippen molar-refractivity contribution in [2.75, 3.05) is 0 Å². The molecule has 1 N–H and O–H groups in total. The Morgan fingerprint density at radius 3 is 2.11 bits per heavy atom. The number of hydrogen-bond donors (Lipinski definition) is 1. The quantitative estimate of drug-likeness (QED) is 0.654. The van der Waals surface area contributed by atoms with Gasteiger partial charge in [0.05, 0.1) is 5.57 Å². The maximum absolute atomic E-state index is 11.2. The molecule has 0 spiro atoms. The molecular weight excluding hydrogens is 236 g/mol. The van der Waals surface area contributed by atoms with E-state index in [9.17, 15) is 9.90 Å². The van der Waals surface area contributed by atoms with E-state index in [0.717, 1.165) is 5.56 Å². The van der Waals surface area contributed by atoms with Crippen molar-refractivity contribution < 1.29 is 9.90 Å². The van der Waals surface area contributed by atoms with Gasteiger partial charge in [0.25, 0.3) is 0 Å². The third-order valence-corrected chi connectivity index (χ3v) is 2.52. The Hall–Kier alpha value is -2.79. The Bertz CT molecular complexity index is 644. The van der Waals surface area contributed by atoms with E-state index in [0.29, 0.717) is 5.56 Å². The highest BCUT2D eigenvalue weighted by Crippen LogP contribution is 2.13. The summed E-state index contributed by atoms with van der Waals surface area (Å²) >= 11 is 0. The van der Waals surface area contributed by atoms with Gasteiger partial charge in [-0.2, -0.15) is 0 Å². The summed E-state index contributed by atoms with van der Waals surface area (Å²) in [4.78, 5) is 11.2. The van der Waals surface area contributed by atoms with Gasteiger partial charge in [-0.1, -0.05) is 60.4 Å². The zero-order valence-corrected chi connectivity index (χ0v) is 10.2. The van der Waals surface area contributed by atoms with Crippen LogP contribution in [0.2, 0.25) is 0 Å². The average Bonchev–Trinajstić information content (AvgIpc) is 2.45. The number of hydrogen-bond acceptors (Lipinski definition) is 1. The predicted molar refractivity (Wildman–Crippen MR) is 75.4 cm³/mol. The third-order valence-electron chi connectivity index (χ3n) is 2.52. The maximum Gasteiger partial charge on any atom is 0.336 e. The summed E-state index contributed by atoms with van der Waals surface area (Å²) in [5.74, 6) is 4.72. The van der Waals surface area contributed by atoms with Crippen molar-refractivity contribution in [2.45, 2.75) is 0 Å². The Morgan fingerprint density at radius 2 is 1.53 bits per heavy atom. The SMILES string of the molecule is O=C(O)C(=CC#Cc1ccccc1)c1ccccc1. The predicted octanol–water partition coefficient (Wildman–Crippen LogP) is 3.21. The highest BCUT2D eigenvalue weighted by molar-refractivity contribution is 6.15. The monoisotopic (exact) mass is 248 g/mol. The number of rotatable bonds is 2. The third kappa shape index (κ3) is 3.58. The fourth-order valence-electron chi connectivity index (χ4n) is 1.60. The minimum absolute atomic E-state index is 0.198. The summed E-state index contributed by atoms with van der Waals surface area (Å²) < 4.78 is 0. The standard InChI is InChI=1S/C17H12O2/c18-17(19)16(15-11-5-2-6-12-15)13-7-10-14-8-3-1-4-9-14/h1-6,8-9,11-13H,(H,18,19). The molecule has 0 atom stereocenters. The molecule has 0 aromatic heterocycles. The number of allylic oxidation sites excluding steroid dienone is 1. The summed E-state index contributed by atoms with van der Waals surface area (Å²) in [6.07, 6.45) is 1.44. The number of carbonyl (C=O) groups is 1. The molecule has 0 amide bonds. The van der Waals surface area contributed by atoms with Crippen LogP contribution in [-0.2, 0) is 4.79 Å². The van der Waals surface area contributed by atoms with Crippen molar-refractivity contribution in [1.82, 2.24) is 0 Å². The molecule has 92 valence electrons. The first-order chi connectivity index (χ1) is 9.27. The molecule has 0 aliphatic heterocycles. The topological polar surface area (TPSA) is 37.3 Å². The molecule has 2 nitrogen and oxygen atoms in total. The molecule has 0 saturated carbocycles. The van der Waals surface area contributed by atoms with Crippen molar-refractivity contribution in [3.63, 3.8) is 0 Å². The molecule has 0 aliphatic carbocycles. The second kappa shape index (κ2) is 6.23. The lowest BCUT2D eigenvalue weighted by atomic mass is 10.1. The van der Waals surface area contributed by atoms with Gasteiger partial charge in [-0.3, -0.25) is 0 Å². The molecule has 2 aromatic rings. The highest BCUT2D eigenvalue weighted by Gasteiger charge is 2.08. The van der Waals surface area contributed by atoms with Crippen LogP contribution in [0.5, 0.6) is 0 Å². The molecule has 0 unspecified atom stereocenters. The molecule has 0 aliphatic rings. The number of benzene rings is 2. The van der Waals surface area contributed by atoms with Crippen LogP contribution in [0, 0.1) is 11.8 Å². The molecular formula is C17H12O2. The number of carboxylic acids is 1. The smallest absolute Gasteiger partial charge is 0.336 e. The van der Waals surface area contributed by atoms with E-state index in [1.807, 2.05) is 36.4 Å². The van der Waals surface area contributed by atoms with Crippen LogP contribution in [0.25, 0.3) is 5.57 Å². The molecule has 0 fully saturated rings. The average molecular weight is 248 g/mol. The van der Waals surface area contributed by atoms with Gasteiger partial charge in [0, 0.05) is 11.6 Å². The maximum atomic E-state index is 11.2. The molecule has 0 heterocycles. The molecule has 2 rings (SSSR count). The Labute approximate surface area is 112 Å². The van der Waals surface area contributed by atoms with E-state index in [2.05, 4.69) is 11.8 Å². The number of aliphatic carboxylic acids is 1. The lowest BCUT2D eigenvalue weighted by Gasteiger charge is -1.99. The first kappa shape index (κ1) is 12.7. The number of carboxylic acid groups (broad SMARTS) is 1. The first-order valence-electron chi connectivity index (χ1n) is 5.83. The highest BCUT2D eigenvalue weighted by atomic mass is 16.4. The fraction of sp³-hybridized carbons (Fsp3) is 0. The minimum Gasteiger partial charge on any atom is -0.478 e. The molecule has 19 heavy (non-hydrogen) atoms. The van der Waals surface area contributed by atoms with Gasteiger partial charge in [-0.15, -0.1) is 0 Å². The first-order valence-corrected chi connectivity index (χ1v) is 5.83. The zero-order chi connectivity index (χ0) is 13.5. The van der Waals surface area contributed by atoms with Gasteiger partial charge < -0.3 is 5.11 Å². The van der Waals surface area contributed by atoms with Crippen LogP contribution >= 0.6 is 0 Å². The van der Waals surface area contributed by atoms with Crippen molar-refractivity contribution in [3.05, 3.63) is 77.9 Å². The van der Waals surface area contributed by atoms with Crippen LogP contribution in [0.1, 0.15) is 11.1 Å². The summed E-state index contributed by atoms with van der Waals surface area (Å²) in [6.45, 7) is 0. The molecule has 0 radical (unpaired) electrons. The molecule has 0 bridgehead atoms. The van der Waals surface area contributed by atoms with Crippen molar-refractivity contribution in [3.8, 4) is 11.8 Å². The van der Waals surface area contributed by atoms with E-state index >= 15 is 0 Å².